The number of esters is 1. The molecule has 1 unspecified atom stereocenters. The minimum absolute atomic E-state index is 0.0400. The van der Waals surface area contributed by atoms with Crippen molar-refractivity contribution in [3.05, 3.63) is 69.8 Å². The number of benzene rings is 1. The van der Waals surface area contributed by atoms with Gasteiger partial charge in [-0.05, 0) is 30.2 Å². The smallest absolute Gasteiger partial charge is 0.306 e. The van der Waals surface area contributed by atoms with Crippen molar-refractivity contribution in [2.75, 3.05) is 0 Å². The minimum atomic E-state index is -0.289. The van der Waals surface area contributed by atoms with Crippen LogP contribution in [0.4, 0.5) is 0 Å². The Morgan fingerprint density at radius 3 is 2.72 bits per heavy atom. The van der Waals surface area contributed by atoms with E-state index in [-0.39, 0.29) is 22.0 Å². The molecular weight excluding hydrogens is 334 g/mol. The molecule has 1 aliphatic rings. The third-order valence-electron chi connectivity index (χ3n) is 4.47. The van der Waals surface area contributed by atoms with Gasteiger partial charge in [0.1, 0.15) is 11.1 Å². The predicted molar refractivity (Wildman–Crippen MR) is 99.5 cm³/mol. The van der Waals surface area contributed by atoms with E-state index in [2.05, 4.69) is 11.4 Å². The summed E-state index contributed by atoms with van der Waals surface area (Å²) in [6.07, 6.45) is 0.834. The Balaban J connectivity index is 1.81. The lowest BCUT2D eigenvalue weighted by atomic mass is 10.0. The number of hydrogen-bond acceptors (Lipinski definition) is 3. The van der Waals surface area contributed by atoms with Gasteiger partial charge in [0.05, 0.1) is 0 Å². The molecular formula is C20H18NO3S+. The second-order valence-corrected chi connectivity index (χ2v) is 7.82. The molecule has 0 saturated carbocycles. The zero-order valence-electron chi connectivity index (χ0n) is 13.9. The molecule has 5 heteroatoms. The average Bonchev–Trinajstić information content (AvgIpc) is 3.04. The molecule has 25 heavy (non-hydrogen) atoms. The highest BCUT2D eigenvalue weighted by atomic mass is 32.2. The number of carbonyl (C=O) groups is 1. The molecule has 1 aliphatic heterocycles. The monoisotopic (exact) mass is 352 g/mol. The fraction of sp³-hybridized carbons (Fsp3) is 0.200. The lowest BCUT2D eigenvalue weighted by Gasteiger charge is -2.18. The van der Waals surface area contributed by atoms with Gasteiger partial charge in [0, 0.05) is 35.1 Å². The summed E-state index contributed by atoms with van der Waals surface area (Å²) in [5.41, 5.74) is 3.90. The number of pyridine rings is 1. The van der Waals surface area contributed by atoms with Gasteiger partial charge in [-0.15, -0.1) is 0 Å². The summed E-state index contributed by atoms with van der Waals surface area (Å²) in [6.45, 7) is 2.10. The van der Waals surface area contributed by atoms with Crippen LogP contribution in [0.2, 0.25) is 0 Å². The number of aryl methyl sites for hydroxylation is 1. The van der Waals surface area contributed by atoms with E-state index in [0.29, 0.717) is 12.5 Å². The first-order chi connectivity index (χ1) is 12.1. The molecule has 0 fully saturated rings. The summed E-state index contributed by atoms with van der Waals surface area (Å²) < 4.78 is 7.08. The van der Waals surface area contributed by atoms with Crippen LogP contribution >= 0.6 is 10.5 Å². The first-order valence-electron chi connectivity index (χ1n) is 8.19. The van der Waals surface area contributed by atoms with Crippen LogP contribution in [0.5, 0.6) is 0 Å². The summed E-state index contributed by atoms with van der Waals surface area (Å²) in [6, 6.07) is 15.8. The SMILES string of the molecule is CC(=O)OC[s+]1ccc2c1-c1ccc(-c3ccccc3)c(=O)n1CC2. The van der Waals surface area contributed by atoms with Gasteiger partial charge in [0.15, 0.2) is 0 Å². The molecule has 1 atom stereocenters. The zero-order valence-corrected chi connectivity index (χ0v) is 14.7. The van der Waals surface area contributed by atoms with Crippen molar-refractivity contribution in [3.63, 3.8) is 0 Å². The van der Waals surface area contributed by atoms with Crippen LogP contribution in [0.15, 0.2) is 58.7 Å². The normalized spacial score (nSPS) is 13.1. The van der Waals surface area contributed by atoms with E-state index in [0.717, 1.165) is 28.1 Å². The van der Waals surface area contributed by atoms with Crippen molar-refractivity contribution in [2.45, 2.75) is 25.8 Å². The standard InChI is InChI=1S/C20H18NO3S/c1-14(22)24-13-25-12-10-16-9-11-21-18(19(16)25)8-7-17(20(21)23)15-5-3-2-4-6-15/h2-8,10,12H,9,11,13H2,1H3/q+1. The Morgan fingerprint density at radius 1 is 1.16 bits per heavy atom. The maximum Gasteiger partial charge on any atom is 0.306 e. The molecule has 126 valence electrons. The van der Waals surface area contributed by atoms with Crippen LogP contribution in [0.1, 0.15) is 12.5 Å². The average molecular weight is 352 g/mol. The van der Waals surface area contributed by atoms with E-state index in [1.807, 2.05) is 47.0 Å². The Morgan fingerprint density at radius 2 is 1.96 bits per heavy atom. The Bertz CT molecular complexity index is 1000. The van der Waals surface area contributed by atoms with Gasteiger partial charge in [-0.25, -0.2) is 0 Å². The van der Waals surface area contributed by atoms with Crippen LogP contribution in [0.3, 0.4) is 0 Å². The van der Waals surface area contributed by atoms with Crippen molar-refractivity contribution in [1.82, 2.24) is 4.57 Å². The molecule has 3 heterocycles. The molecule has 0 amide bonds. The van der Waals surface area contributed by atoms with E-state index in [1.165, 1.54) is 12.5 Å². The van der Waals surface area contributed by atoms with Crippen molar-refractivity contribution >= 4 is 16.4 Å². The van der Waals surface area contributed by atoms with E-state index in [9.17, 15) is 9.59 Å². The summed E-state index contributed by atoms with van der Waals surface area (Å²) >= 11 is 0. The van der Waals surface area contributed by atoms with Gasteiger partial charge >= 0.3 is 5.97 Å². The largest absolute Gasteiger partial charge is 0.414 e. The Labute approximate surface area is 148 Å². The summed E-state index contributed by atoms with van der Waals surface area (Å²) in [7, 11) is -0.289. The number of aromatic nitrogens is 1. The molecule has 0 N–H and O–H groups in total. The van der Waals surface area contributed by atoms with Crippen molar-refractivity contribution in [1.29, 1.82) is 0 Å². The number of nitrogens with zero attached hydrogens (tertiary/aromatic N) is 1. The molecule has 4 nitrogen and oxygen atoms in total. The maximum absolute atomic E-state index is 13.0. The highest BCUT2D eigenvalue weighted by molar-refractivity contribution is 7.32. The second-order valence-electron chi connectivity index (χ2n) is 6.04. The lowest BCUT2D eigenvalue weighted by Crippen LogP contribution is -2.26. The van der Waals surface area contributed by atoms with Gasteiger partial charge in [-0.1, -0.05) is 30.3 Å². The van der Waals surface area contributed by atoms with E-state index in [1.54, 1.807) is 0 Å². The molecule has 0 radical (unpaired) electrons. The number of fused-ring (bicyclic) bond motifs is 3. The van der Waals surface area contributed by atoms with E-state index >= 15 is 0 Å². The molecule has 0 bridgehead atoms. The minimum Gasteiger partial charge on any atom is -0.414 e. The van der Waals surface area contributed by atoms with Crippen LogP contribution < -0.4 is 5.56 Å². The fourth-order valence-corrected chi connectivity index (χ4v) is 5.19. The van der Waals surface area contributed by atoms with Crippen molar-refractivity contribution < 1.29 is 9.53 Å². The van der Waals surface area contributed by atoms with E-state index < -0.39 is 0 Å². The summed E-state index contributed by atoms with van der Waals surface area (Å²) in [5.74, 6) is 0.0711. The Hall–Kier alpha value is -2.66. The molecule has 0 aliphatic carbocycles. The van der Waals surface area contributed by atoms with Crippen LogP contribution in [0.25, 0.3) is 21.7 Å². The maximum atomic E-state index is 13.0. The highest BCUT2D eigenvalue weighted by Gasteiger charge is 2.29. The van der Waals surface area contributed by atoms with E-state index in [4.69, 9.17) is 4.74 Å². The number of rotatable bonds is 3. The molecule has 2 aromatic heterocycles. The molecule has 3 aromatic rings. The molecule has 0 saturated heterocycles. The third kappa shape index (κ3) is 2.81. The number of thiophene rings is 1. The van der Waals surface area contributed by atoms with Crippen molar-refractivity contribution in [2.24, 2.45) is 0 Å². The highest BCUT2D eigenvalue weighted by Crippen LogP contribution is 2.41. The van der Waals surface area contributed by atoms with Gasteiger partial charge in [0.25, 0.3) is 11.5 Å². The van der Waals surface area contributed by atoms with Crippen molar-refractivity contribution in [3.8, 4) is 21.7 Å². The van der Waals surface area contributed by atoms with Gasteiger partial charge < -0.3 is 9.30 Å². The zero-order chi connectivity index (χ0) is 17.4. The summed E-state index contributed by atoms with van der Waals surface area (Å²) in [5, 5.41) is 2.10. The first-order valence-corrected chi connectivity index (χ1v) is 9.65. The lowest BCUT2D eigenvalue weighted by molar-refractivity contribution is -0.140. The van der Waals surface area contributed by atoms with Crippen LogP contribution in [-0.4, -0.2) is 10.5 Å². The first kappa shape index (κ1) is 15.8. The quantitative estimate of drug-likeness (QED) is 0.529. The molecule has 1 aromatic carbocycles. The molecule has 4 rings (SSSR count). The Kier molecular flexibility index (Phi) is 4.01. The number of carbonyl (C=O) groups excluding carboxylic acids is 1. The fourth-order valence-electron chi connectivity index (χ4n) is 3.28. The third-order valence-corrected chi connectivity index (χ3v) is 6.30. The number of ether oxygens (including phenoxy) is 1. The molecule has 0 spiro atoms. The van der Waals surface area contributed by atoms with Crippen LogP contribution in [-0.2, 0) is 28.4 Å². The summed E-state index contributed by atoms with van der Waals surface area (Å²) in [4.78, 5) is 25.3. The number of hydrogen-bond donors (Lipinski definition) is 0. The topological polar surface area (TPSA) is 48.3 Å². The van der Waals surface area contributed by atoms with Gasteiger partial charge in [0.2, 0.25) is 4.88 Å². The predicted octanol–water partition coefficient (Wildman–Crippen LogP) is 4.01. The van der Waals surface area contributed by atoms with Gasteiger partial charge in [-0.2, -0.15) is 0 Å². The van der Waals surface area contributed by atoms with Crippen LogP contribution in [0, 0.1) is 0 Å². The second kappa shape index (κ2) is 6.33. The van der Waals surface area contributed by atoms with Gasteiger partial charge in [-0.3, -0.25) is 9.59 Å².